The van der Waals surface area contributed by atoms with Crippen molar-refractivity contribution in [1.82, 2.24) is 24.3 Å². The first-order valence-electron chi connectivity index (χ1n) is 13.3. The lowest BCUT2D eigenvalue weighted by atomic mass is 9.98. The monoisotopic (exact) mass is 541 g/mol. The zero-order valence-corrected chi connectivity index (χ0v) is 22.5. The molecule has 0 aliphatic carbocycles. The van der Waals surface area contributed by atoms with Crippen molar-refractivity contribution in [1.29, 1.82) is 0 Å². The molecule has 1 N–H and O–H groups in total. The molecule has 0 saturated carbocycles. The van der Waals surface area contributed by atoms with E-state index < -0.39 is 0 Å². The van der Waals surface area contributed by atoms with Gasteiger partial charge in [-0.1, -0.05) is 18.2 Å². The van der Waals surface area contributed by atoms with Gasteiger partial charge in [0, 0.05) is 69.2 Å². The van der Waals surface area contributed by atoms with E-state index in [9.17, 15) is 9.59 Å². The lowest BCUT2D eigenvalue weighted by Crippen LogP contribution is -2.54. The number of thiazole rings is 1. The molecular weight excluding hydrogens is 510 g/mol. The van der Waals surface area contributed by atoms with Crippen LogP contribution in [0.1, 0.15) is 34.3 Å². The Morgan fingerprint density at radius 3 is 2.31 bits per heavy atom. The highest BCUT2D eigenvalue weighted by Gasteiger charge is 2.30. The highest BCUT2D eigenvalue weighted by Crippen LogP contribution is 2.31. The predicted octanol–water partition coefficient (Wildman–Crippen LogP) is 4.70. The first kappa shape index (κ1) is 25.1. The molecule has 2 fully saturated rings. The number of nitrogens with zero attached hydrogens (tertiary/aromatic N) is 6. The number of nitrogens with one attached hydrogen (secondary N) is 1. The molecule has 4 aromatic rings. The van der Waals surface area contributed by atoms with Crippen LogP contribution in [0.2, 0.25) is 0 Å². The maximum atomic E-state index is 13.2. The van der Waals surface area contributed by atoms with Gasteiger partial charge in [-0.05, 0) is 49.2 Å². The third kappa shape index (κ3) is 5.51. The number of piperidine rings is 1. The van der Waals surface area contributed by atoms with Crippen LogP contribution in [-0.4, -0.2) is 75.5 Å². The number of rotatable bonds is 5. The molecule has 0 bridgehead atoms. The Balaban J connectivity index is 1.02. The smallest absolute Gasteiger partial charge is 0.320 e. The fourth-order valence-electron chi connectivity index (χ4n) is 5.25. The molecule has 0 spiro atoms. The molecule has 6 rings (SSSR count). The normalized spacial score (nSPS) is 16.4. The molecule has 0 radical (unpaired) electrons. The molecule has 5 heterocycles. The van der Waals surface area contributed by atoms with Crippen molar-refractivity contribution >= 4 is 34.8 Å². The topological polar surface area (TPSA) is 86.6 Å². The lowest BCUT2D eigenvalue weighted by molar-refractivity contribution is 0.102. The second-order valence-electron chi connectivity index (χ2n) is 9.84. The van der Waals surface area contributed by atoms with Crippen LogP contribution in [0.25, 0.3) is 5.69 Å². The molecule has 1 aromatic carbocycles. The van der Waals surface area contributed by atoms with Gasteiger partial charge in [0.15, 0.2) is 0 Å². The summed E-state index contributed by atoms with van der Waals surface area (Å²) < 4.78 is 1.97. The molecule has 3 amide bonds. The number of likely N-dealkylation sites (tertiary alicyclic amines) is 1. The average molecular weight is 542 g/mol. The molecule has 39 heavy (non-hydrogen) atoms. The molecular formula is C29H31N7O2S. The Morgan fingerprint density at radius 1 is 0.846 bits per heavy atom. The molecule has 2 aliphatic rings. The van der Waals surface area contributed by atoms with Crippen molar-refractivity contribution in [3.63, 3.8) is 0 Å². The summed E-state index contributed by atoms with van der Waals surface area (Å²) in [5, 5.41) is 5.82. The lowest BCUT2D eigenvalue weighted by Gasteiger charge is -2.39. The number of carbonyl (C=O) groups is 2. The molecule has 2 aliphatic heterocycles. The maximum absolute atomic E-state index is 13.2. The second-order valence-corrected chi connectivity index (χ2v) is 10.7. The molecule has 0 atom stereocenters. The fourth-order valence-corrected chi connectivity index (χ4v) is 6.22. The van der Waals surface area contributed by atoms with Gasteiger partial charge in [-0.3, -0.25) is 4.79 Å². The number of urea groups is 1. The van der Waals surface area contributed by atoms with Crippen LogP contribution < -0.4 is 10.2 Å². The van der Waals surface area contributed by atoms with Crippen molar-refractivity contribution in [2.45, 2.75) is 18.8 Å². The Bertz CT molecular complexity index is 1410. The zero-order chi connectivity index (χ0) is 26.6. The predicted molar refractivity (Wildman–Crippen MR) is 153 cm³/mol. The van der Waals surface area contributed by atoms with Crippen LogP contribution in [0.3, 0.4) is 0 Å². The van der Waals surface area contributed by atoms with E-state index in [0.717, 1.165) is 48.1 Å². The largest absolute Gasteiger partial charge is 0.353 e. The molecule has 2 saturated heterocycles. The van der Waals surface area contributed by atoms with Crippen LogP contribution in [0, 0.1) is 0 Å². The SMILES string of the molecule is O=C(Nc1ccccc1-n1cccc1)c1csc(C2CCN(C(=O)N3CCN(c4ccccn4)CC3)CC2)n1. The third-order valence-electron chi connectivity index (χ3n) is 7.43. The number of hydrogen-bond donors (Lipinski definition) is 1. The summed E-state index contributed by atoms with van der Waals surface area (Å²) in [7, 11) is 0. The number of amides is 3. The Labute approximate surface area is 231 Å². The first-order valence-corrected chi connectivity index (χ1v) is 14.2. The van der Waals surface area contributed by atoms with Gasteiger partial charge in [0.2, 0.25) is 0 Å². The van der Waals surface area contributed by atoms with E-state index in [4.69, 9.17) is 4.98 Å². The molecule has 9 nitrogen and oxygen atoms in total. The Morgan fingerprint density at radius 2 is 1.56 bits per heavy atom. The van der Waals surface area contributed by atoms with Gasteiger partial charge in [0.25, 0.3) is 5.91 Å². The fraction of sp³-hybridized carbons (Fsp3) is 0.310. The summed E-state index contributed by atoms with van der Waals surface area (Å²) >= 11 is 1.53. The van der Waals surface area contributed by atoms with Gasteiger partial charge in [0.05, 0.1) is 16.4 Å². The van der Waals surface area contributed by atoms with Gasteiger partial charge in [-0.25, -0.2) is 14.8 Å². The summed E-state index contributed by atoms with van der Waals surface area (Å²) in [5.74, 6) is 1.01. The number of para-hydroxylation sites is 2. The summed E-state index contributed by atoms with van der Waals surface area (Å²) in [4.78, 5) is 41.5. The number of aromatic nitrogens is 3. The van der Waals surface area contributed by atoms with Crippen molar-refractivity contribution < 1.29 is 9.59 Å². The summed E-state index contributed by atoms with van der Waals surface area (Å²) in [6, 6.07) is 17.7. The minimum Gasteiger partial charge on any atom is -0.353 e. The van der Waals surface area contributed by atoms with E-state index >= 15 is 0 Å². The second kappa shape index (κ2) is 11.3. The molecule has 200 valence electrons. The van der Waals surface area contributed by atoms with E-state index in [1.54, 1.807) is 6.20 Å². The first-order chi connectivity index (χ1) is 19.2. The van der Waals surface area contributed by atoms with Crippen LogP contribution in [0.5, 0.6) is 0 Å². The van der Waals surface area contributed by atoms with E-state index in [1.807, 2.05) is 86.7 Å². The standard InChI is InChI=1S/C29H31N7O2S/c37-27(31-23-7-1-2-8-25(23)33-13-5-6-14-33)24-21-39-28(32-24)22-10-15-35(16-11-22)29(38)36-19-17-34(18-20-36)26-9-3-4-12-30-26/h1-9,12-14,21-22H,10-11,15-20H2,(H,31,37). The zero-order valence-electron chi connectivity index (χ0n) is 21.6. The molecule has 0 unspecified atom stereocenters. The maximum Gasteiger partial charge on any atom is 0.320 e. The third-order valence-corrected chi connectivity index (χ3v) is 8.43. The summed E-state index contributed by atoms with van der Waals surface area (Å²) in [6.07, 6.45) is 7.41. The van der Waals surface area contributed by atoms with Crippen LogP contribution in [-0.2, 0) is 0 Å². The van der Waals surface area contributed by atoms with Gasteiger partial charge in [0.1, 0.15) is 11.5 Å². The number of anilines is 2. The van der Waals surface area contributed by atoms with E-state index in [2.05, 4.69) is 15.2 Å². The van der Waals surface area contributed by atoms with Crippen molar-refractivity contribution in [3.05, 3.63) is 89.3 Å². The molecule has 3 aromatic heterocycles. The average Bonchev–Trinajstić information content (AvgIpc) is 3.71. The number of piperazine rings is 1. The van der Waals surface area contributed by atoms with Crippen molar-refractivity contribution in [3.8, 4) is 5.69 Å². The quantitative estimate of drug-likeness (QED) is 0.396. The van der Waals surface area contributed by atoms with Gasteiger partial charge in [-0.2, -0.15) is 0 Å². The highest BCUT2D eigenvalue weighted by molar-refractivity contribution is 7.10. The highest BCUT2D eigenvalue weighted by atomic mass is 32.1. The number of pyridine rings is 1. The minimum atomic E-state index is -0.213. The Kier molecular flexibility index (Phi) is 7.27. The van der Waals surface area contributed by atoms with Gasteiger partial charge < -0.3 is 24.6 Å². The van der Waals surface area contributed by atoms with Crippen LogP contribution in [0.4, 0.5) is 16.3 Å². The van der Waals surface area contributed by atoms with Crippen molar-refractivity contribution in [2.75, 3.05) is 49.5 Å². The summed E-state index contributed by atoms with van der Waals surface area (Å²) in [6.45, 7) is 4.39. The van der Waals surface area contributed by atoms with E-state index in [-0.39, 0.29) is 17.9 Å². The van der Waals surface area contributed by atoms with Crippen LogP contribution >= 0.6 is 11.3 Å². The minimum absolute atomic E-state index is 0.120. The van der Waals surface area contributed by atoms with Crippen molar-refractivity contribution in [2.24, 2.45) is 0 Å². The Hall–Kier alpha value is -4.18. The van der Waals surface area contributed by atoms with Gasteiger partial charge in [-0.15, -0.1) is 11.3 Å². The van der Waals surface area contributed by atoms with E-state index in [1.165, 1.54) is 11.3 Å². The van der Waals surface area contributed by atoms with Crippen LogP contribution in [0.15, 0.2) is 78.6 Å². The molecule has 10 heteroatoms. The number of hydrogen-bond acceptors (Lipinski definition) is 6. The number of benzene rings is 1. The number of carbonyl (C=O) groups excluding carboxylic acids is 2. The van der Waals surface area contributed by atoms with E-state index in [0.29, 0.717) is 31.9 Å². The van der Waals surface area contributed by atoms with Gasteiger partial charge >= 0.3 is 6.03 Å². The summed E-state index contributed by atoms with van der Waals surface area (Å²) in [5.41, 5.74) is 2.07.